The fourth-order valence-corrected chi connectivity index (χ4v) is 5.97. The number of rotatable bonds is 7. The van der Waals surface area contributed by atoms with E-state index >= 15 is 0 Å². The maximum atomic E-state index is 12.9. The Labute approximate surface area is 187 Å². The summed E-state index contributed by atoms with van der Waals surface area (Å²) in [5, 5.41) is 8.12. The zero-order valence-corrected chi connectivity index (χ0v) is 19.6. The summed E-state index contributed by atoms with van der Waals surface area (Å²) in [7, 11) is -7.80. The van der Waals surface area contributed by atoms with Gasteiger partial charge < -0.3 is 4.52 Å². The summed E-state index contributed by atoms with van der Waals surface area (Å²) >= 11 is 0. The Balaban J connectivity index is 1.51. The number of nitrogens with zero attached hydrogens (tertiary/aromatic N) is 3. The Morgan fingerprint density at radius 2 is 1.59 bits per heavy atom. The molecule has 1 fully saturated rings. The van der Waals surface area contributed by atoms with Crippen molar-refractivity contribution in [2.24, 2.45) is 0 Å². The first-order valence-electron chi connectivity index (χ1n) is 10.2. The van der Waals surface area contributed by atoms with E-state index in [1.165, 1.54) is 24.3 Å². The van der Waals surface area contributed by atoms with E-state index < -0.39 is 20.0 Å². The lowest BCUT2D eigenvalue weighted by Crippen LogP contribution is -2.15. The quantitative estimate of drug-likeness (QED) is 0.529. The summed E-state index contributed by atoms with van der Waals surface area (Å²) in [5.74, 6) is 0.0435. The molecule has 1 aliphatic rings. The van der Waals surface area contributed by atoms with Gasteiger partial charge in [0.25, 0.3) is 20.0 Å². The molecule has 12 heteroatoms. The molecule has 0 saturated heterocycles. The molecule has 1 aromatic carbocycles. The first-order chi connectivity index (χ1) is 15.1. The Hall–Kier alpha value is -2.86. The average molecular weight is 480 g/mol. The van der Waals surface area contributed by atoms with Gasteiger partial charge in [-0.05, 0) is 57.9 Å². The van der Waals surface area contributed by atoms with Crippen molar-refractivity contribution in [3.05, 3.63) is 47.4 Å². The lowest BCUT2D eigenvalue weighted by Gasteiger charge is -2.10. The Kier molecular flexibility index (Phi) is 5.76. The van der Waals surface area contributed by atoms with Gasteiger partial charge in [-0.25, -0.2) is 21.6 Å². The number of aryl methyl sites for hydroxylation is 2. The van der Waals surface area contributed by atoms with Crippen molar-refractivity contribution in [3.63, 3.8) is 0 Å². The fourth-order valence-electron chi connectivity index (χ4n) is 3.69. The van der Waals surface area contributed by atoms with Crippen molar-refractivity contribution in [1.29, 1.82) is 0 Å². The zero-order valence-electron chi connectivity index (χ0n) is 18.0. The van der Waals surface area contributed by atoms with Gasteiger partial charge in [0.2, 0.25) is 5.88 Å². The summed E-state index contributed by atoms with van der Waals surface area (Å²) in [5.41, 5.74) is 1.83. The summed E-state index contributed by atoms with van der Waals surface area (Å²) in [6, 6.07) is 5.63. The van der Waals surface area contributed by atoms with E-state index in [1.807, 2.05) is 0 Å². The zero-order chi connectivity index (χ0) is 23.1. The molecule has 2 N–H and O–H groups in total. The number of aromatic nitrogens is 3. The van der Waals surface area contributed by atoms with Gasteiger partial charge in [-0.3, -0.25) is 9.40 Å². The van der Waals surface area contributed by atoms with Crippen LogP contribution >= 0.6 is 0 Å². The fraction of sp³-hybridized carbons (Fsp3) is 0.400. The first-order valence-corrected chi connectivity index (χ1v) is 13.2. The van der Waals surface area contributed by atoms with Crippen molar-refractivity contribution < 1.29 is 21.4 Å². The molecule has 172 valence electrons. The molecular weight excluding hydrogens is 454 g/mol. The molecule has 0 amide bonds. The molecule has 3 aromatic rings. The number of hydrogen-bond acceptors (Lipinski definition) is 7. The van der Waals surface area contributed by atoms with Gasteiger partial charge in [0, 0.05) is 17.4 Å². The van der Waals surface area contributed by atoms with Crippen LogP contribution in [0.5, 0.6) is 0 Å². The Morgan fingerprint density at radius 1 is 0.938 bits per heavy atom. The van der Waals surface area contributed by atoms with Crippen molar-refractivity contribution in [2.45, 2.75) is 62.3 Å². The second-order valence-electron chi connectivity index (χ2n) is 7.95. The van der Waals surface area contributed by atoms with Crippen LogP contribution < -0.4 is 9.44 Å². The second-order valence-corrected chi connectivity index (χ2v) is 11.3. The van der Waals surface area contributed by atoms with Gasteiger partial charge in [-0.2, -0.15) is 5.10 Å². The molecule has 2 aromatic heterocycles. The normalized spacial score (nSPS) is 15.2. The van der Waals surface area contributed by atoms with Gasteiger partial charge in [0.05, 0.1) is 22.3 Å². The van der Waals surface area contributed by atoms with Crippen LogP contribution in [0, 0.1) is 20.8 Å². The molecule has 2 heterocycles. The minimum Gasteiger partial charge on any atom is -0.337 e. The molecule has 32 heavy (non-hydrogen) atoms. The minimum atomic E-state index is -3.92. The molecule has 4 rings (SSSR count). The van der Waals surface area contributed by atoms with Gasteiger partial charge in [0.15, 0.2) is 0 Å². The predicted molar refractivity (Wildman–Crippen MR) is 119 cm³/mol. The number of anilines is 2. The topological polar surface area (TPSA) is 136 Å². The third kappa shape index (κ3) is 4.37. The van der Waals surface area contributed by atoms with Crippen LogP contribution in [0.3, 0.4) is 0 Å². The van der Waals surface area contributed by atoms with Gasteiger partial charge in [0.1, 0.15) is 4.90 Å². The molecule has 1 saturated carbocycles. The molecular formula is C20H25N5O5S2. The largest absolute Gasteiger partial charge is 0.337 e. The maximum Gasteiger partial charge on any atom is 0.265 e. The lowest BCUT2D eigenvalue weighted by atomic mass is 10.3. The van der Waals surface area contributed by atoms with Crippen LogP contribution in [0.2, 0.25) is 0 Å². The lowest BCUT2D eigenvalue weighted by molar-refractivity contribution is 0.430. The van der Waals surface area contributed by atoms with Crippen LogP contribution in [-0.2, 0) is 20.0 Å². The predicted octanol–water partition coefficient (Wildman–Crippen LogP) is 3.51. The Morgan fingerprint density at radius 3 is 2.19 bits per heavy atom. The van der Waals surface area contributed by atoms with Gasteiger partial charge in [-0.1, -0.05) is 18.0 Å². The molecule has 0 bridgehead atoms. The molecule has 1 aliphatic carbocycles. The van der Waals surface area contributed by atoms with E-state index in [-0.39, 0.29) is 27.4 Å². The second kappa shape index (κ2) is 8.24. The minimum absolute atomic E-state index is 0.0425. The average Bonchev–Trinajstić information content (AvgIpc) is 3.46. The van der Waals surface area contributed by atoms with Crippen molar-refractivity contribution in [1.82, 2.24) is 14.9 Å². The van der Waals surface area contributed by atoms with Gasteiger partial charge in [-0.15, -0.1) is 0 Å². The summed E-state index contributed by atoms with van der Waals surface area (Å²) in [4.78, 5) is 0.0677. The van der Waals surface area contributed by atoms with E-state index in [2.05, 4.69) is 19.7 Å². The highest BCUT2D eigenvalue weighted by atomic mass is 32.2. The van der Waals surface area contributed by atoms with E-state index in [0.717, 1.165) is 25.7 Å². The highest BCUT2D eigenvalue weighted by molar-refractivity contribution is 7.93. The van der Waals surface area contributed by atoms with Crippen molar-refractivity contribution >= 4 is 31.6 Å². The van der Waals surface area contributed by atoms with Crippen molar-refractivity contribution in [2.75, 3.05) is 9.44 Å². The van der Waals surface area contributed by atoms with E-state index in [4.69, 9.17) is 4.52 Å². The third-order valence-corrected chi connectivity index (χ3v) is 8.49. The highest BCUT2D eigenvalue weighted by Crippen LogP contribution is 2.31. The number of hydrogen-bond donors (Lipinski definition) is 2. The molecule has 0 atom stereocenters. The molecule has 0 aliphatic heterocycles. The highest BCUT2D eigenvalue weighted by Gasteiger charge is 2.25. The van der Waals surface area contributed by atoms with Crippen LogP contribution in [-0.4, -0.2) is 31.8 Å². The van der Waals surface area contributed by atoms with E-state index in [1.54, 1.807) is 31.6 Å². The molecule has 10 nitrogen and oxygen atoms in total. The standard InChI is InChI=1S/C20H25N5O5S2/c1-13-14(2)22-30-20(13)24-31(26,27)18-10-8-16(9-11-18)23-32(28,29)19-12-25(21-15(19)3)17-6-4-5-7-17/h8-12,17,23-24H,4-7H2,1-3H3. The van der Waals surface area contributed by atoms with Crippen LogP contribution in [0.15, 0.2) is 44.8 Å². The third-order valence-electron chi connectivity index (χ3n) is 5.66. The SMILES string of the molecule is Cc1nn(C2CCCC2)cc1S(=O)(=O)Nc1ccc(S(=O)(=O)Nc2onc(C)c2C)cc1. The number of sulfonamides is 2. The van der Waals surface area contributed by atoms with E-state index in [0.29, 0.717) is 17.0 Å². The van der Waals surface area contributed by atoms with Crippen LogP contribution in [0.25, 0.3) is 0 Å². The van der Waals surface area contributed by atoms with Crippen LogP contribution in [0.4, 0.5) is 11.6 Å². The van der Waals surface area contributed by atoms with Crippen molar-refractivity contribution in [3.8, 4) is 0 Å². The molecule has 0 radical (unpaired) electrons. The molecule has 0 spiro atoms. The monoisotopic (exact) mass is 479 g/mol. The van der Waals surface area contributed by atoms with E-state index in [9.17, 15) is 16.8 Å². The first kappa shape index (κ1) is 22.3. The van der Waals surface area contributed by atoms with Crippen LogP contribution in [0.1, 0.15) is 48.7 Å². The van der Waals surface area contributed by atoms with Gasteiger partial charge >= 0.3 is 0 Å². The summed E-state index contributed by atoms with van der Waals surface area (Å²) in [6.45, 7) is 5.06. The number of nitrogens with one attached hydrogen (secondary N) is 2. The summed E-state index contributed by atoms with van der Waals surface area (Å²) < 4.78 is 62.6. The maximum absolute atomic E-state index is 12.9. The molecule has 0 unspecified atom stereocenters. The summed E-state index contributed by atoms with van der Waals surface area (Å²) in [6.07, 6.45) is 5.78. The smallest absolute Gasteiger partial charge is 0.265 e. The Bertz CT molecular complexity index is 1340. The number of benzene rings is 1.